The van der Waals surface area contributed by atoms with Gasteiger partial charge in [-0.15, -0.1) is 0 Å². The van der Waals surface area contributed by atoms with Crippen LogP contribution in [0.3, 0.4) is 0 Å². The molecule has 0 aliphatic heterocycles. The molecule has 0 radical (unpaired) electrons. The Labute approximate surface area is 59.6 Å². The van der Waals surface area contributed by atoms with Gasteiger partial charge in [0.15, 0.2) is 0 Å². The van der Waals surface area contributed by atoms with E-state index in [2.05, 4.69) is 10.5 Å². The van der Waals surface area contributed by atoms with Gasteiger partial charge in [0.25, 0.3) is 0 Å². The summed E-state index contributed by atoms with van der Waals surface area (Å²) in [6, 6.07) is -0.517. The van der Waals surface area contributed by atoms with Crippen molar-refractivity contribution in [2.24, 2.45) is 16.9 Å². The Morgan fingerprint density at radius 1 is 1.70 bits per heavy atom. The summed E-state index contributed by atoms with van der Waals surface area (Å²) in [5.41, 5.74) is 4.03. The van der Waals surface area contributed by atoms with Crippen molar-refractivity contribution in [2.75, 3.05) is 0 Å². The van der Waals surface area contributed by atoms with E-state index < -0.39 is 6.03 Å². The van der Waals surface area contributed by atoms with Gasteiger partial charge in [0.1, 0.15) is 0 Å². The maximum atomic E-state index is 10.3. The van der Waals surface area contributed by atoms with Crippen molar-refractivity contribution in [2.45, 2.75) is 13.8 Å². The molecule has 0 unspecified atom stereocenters. The summed E-state index contributed by atoms with van der Waals surface area (Å²) in [7, 11) is 0. The maximum absolute atomic E-state index is 10.3. The monoisotopic (exact) mass is 144 g/mol. The third kappa shape index (κ3) is 5.04. The molecule has 0 fully saturated rings. The number of hydrazone groups is 1. The zero-order valence-electron chi connectivity index (χ0n) is 6.09. The summed E-state index contributed by atoms with van der Waals surface area (Å²) in [5, 5.41) is 3.57. The minimum Gasteiger partial charge on any atom is -0.274 e. The van der Waals surface area contributed by atoms with E-state index in [1.807, 2.05) is 19.3 Å². The molecule has 5 heteroatoms. The van der Waals surface area contributed by atoms with Crippen molar-refractivity contribution in [3.8, 4) is 0 Å². The lowest BCUT2D eigenvalue weighted by molar-refractivity contribution is 0.241. The Morgan fingerprint density at radius 2 is 2.30 bits per heavy atom. The lowest BCUT2D eigenvalue weighted by Gasteiger charge is -1.96. The smallest absolute Gasteiger partial charge is 0.274 e. The summed E-state index contributed by atoms with van der Waals surface area (Å²) >= 11 is 0. The van der Waals surface area contributed by atoms with Crippen molar-refractivity contribution in [1.29, 1.82) is 0 Å². The van der Waals surface area contributed by atoms with E-state index in [1.54, 1.807) is 6.21 Å². The van der Waals surface area contributed by atoms with E-state index in [1.165, 1.54) is 0 Å². The molecule has 58 valence electrons. The Bertz CT molecular complexity index is 132. The van der Waals surface area contributed by atoms with Gasteiger partial charge in [-0.1, -0.05) is 13.8 Å². The van der Waals surface area contributed by atoms with Gasteiger partial charge in [0.2, 0.25) is 0 Å². The van der Waals surface area contributed by atoms with Crippen molar-refractivity contribution in [3.63, 3.8) is 0 Å². The largest absolute Gasteiger partial charge is 0.349 e. The maximum Gasteiger partial charge on any atom is 0.349 e. The number of hydrogen-bond donors (Lipinski definition) is 3. The molecule has 0 spiro atoms. The minimum absolute atomic E-state index is 0.318. The third-order valence-corrected chi connectivity index (χ3v) is 0.670. The first-order valence-corrected chi connectivity index (χ1v) is 2.96. The van der Waals surface area contributed by atoms with E-state index in [4.69, 9.17) is 5.84 Å². The molecule has 0 aromatic heterocycles. The van der Waals surface area contributed by atoms with Gasteiger partial charge in [-0.25, -0.2) is 16.1 Å². The zero-order valence-corrected chi connectivity index (χ0v) is 6.09. The predicted octanol–water partition coefficient (Wildman–Crippen LogP) is -0.199. The second-order valence-electron chi connectivity index (χ2n) is 2.11. The number of urea groups is 1. The van der Waals surface area contributed by atoms with Gasteiger partial charge < -0.3 is 0 Å². The fourth-order valence-electron chi connectivity index (χ4n) is 0.277. The quantitative estimate of drug-likeness (QED) is 0.217. The van der Waals surface area contributed by atoms with Gasteiger partial charge in [0.05, 0.1) is 0 Å². The van der Waals surface area contributed by atoms with Crippen LogP contribution >= 0.6 is 0 Å². The topological polar surface area (TPSA) is 79.5 Å². The highest BCUT2D eigenvalue weighted by molar-refractivity contribution is 5.74. The standard InChI is InChI=1S/C5H12N4O/c1-4(2)3-7-9-5(10)8-6/h3-4H,6H2,1-2H3,(H2,8,9,10)/b7-3+. The first-order chi connectivity index (χ1) is 4.66. The molecule has 0 saturated heterocycles. The molecule has 5 nitrogen and oxygen atoms in total. The number of amides is 2. The zero-order chi connectivity index (χ0) is 7.98. The van der Waals surface area contributed by atoms with Crippen LogP contribution in [-0.2, 0) is 0 Å². The summed E-state index contributed by atoms with van der Waals surface area (Å²) < 4.78 is 0. The molecule has 4 N–H and O–H groups in total. The van der Waals surface area contributed by atoms with Crippen LogP contribution in [0.15, 0.2) is 5.10 Å². The number of hydrazine groups is 1. The van der Waals surface area contributed by atoms with Crippen LogP contribution in [0.1, 0.15) is 13.8 Å². The highest BCUT2D eigenvalue weighted by Gasteiger charge is 1.90. The number of carbonyl (C=O) groups is 1. The van der Waals surface area contributed by atoms with Crippen LogP contribution in [0.25, 0.3) is 0 Å². The molecule has 0 aromatic carbocycles. The average molecular weight is 144 g/mol. The van der Waals surface area contributed by atoms with Crippen LogP contribution in [0, 0.1) is 5.92 Å². The number of hydrogen-bond acceptors (Lipinski definition) is 3. The number of carbonyl (C=O) groups excluding carboxylic acids is 1. The summed E-state index contributed by atoms with van der Waals surface area (Å²) in [5.74, 6) is 5.07. The lowest BCUT2D eigenvalue weighted by atomic mass is 10.3. The molecule has 10 heavy (non-hydrogen) atoms. The van der Waals surface area contributed by atoms with E-state index in [9.17, 15) is 4.79 Å². The lowest BCUT2D eigenvalue weighted by Crippen LogP contribution is -2.37. The number of nitrogens with zero attached hydrogens (tertiary/aromatic N) is 1. The Kier molecular flexibility index (Phi) is 4.23. The molecule has 2 amide bonds. The second kappa shape index (κ2) is 4.75. The highest BCUT2D eigenvalue weighted by Crippen LogP contribution is 1.82. The number of nitrogens with two attached hydrogens (primary N) is 1. The molecular formula is C5H12N4O. The summed E-state index contributed by atoms with van der Waals surface area (Å²) in [4.78, 5) is 10.3. The molecule has 0 bridgehead atoms. The van der Waals surface area contributed by atoms with Crippen LogP contribution in [-0.4, -0.2) is 12.2 Å². The van der Waals surface area contributed by atoms with Gasteiger partial charge in [-0.3, -0.25) is 5.43 Å². The normalized spacial score (nSPS) is 10.4. The first-order valence-electron chi connectivity index (χ1n) is 2.96. The molecule has 0 saturated carbocycles. The summed E-state index contributed by atoms with van der Waals surface area (Å²) in [6.45, 7) is 3.90. The van der Waals surface area contributed by atoms with E-state index in [0.717, 1.165) is 0 Å². The van der Waals surface area contributed by atoms with Crippen molar-refractivity contribution in [1.82, 2.24) is 10.9 Å². The minimum atomic E-state index is -0.517. The fourth-order valence-corrected chi connectivity index (χ4v) is 0.277. The SMILES string of the molecule is CC(C)/C=N/NC(=O)NN. The molecule has 0 aliphatic carbocycles. The second-order valence-corrected chi connectivity index (χ2v) is 2.11. The molecule has 0 aliphatic rings. The van der Waals surface area contributed by atoms with Crippen LogP contribution in [0.5, 0.6) is 0 Å². The molecule has 0 atom stereocenters. The summed E-state index contributed by atoms with van der Waals surface area (Å²) in [6.07, 6.45) is 1.61. The molecule has 0 heterocycles. The van der Waals surface area contributed by atoms with E-state index in [0.29, 0.717) is 5.92 Å². The van der Waals surface area contributed by atoms with Crippen molar-refractivity contribution < 1.29 is 4.79 Å². The van der Waals surface area contributed by atoms with Gasteiger partial charge in [-0.2, -0.15) is 5.10 Å². The Morgan fingerprint density at radius 3 is 2.70 bits per heavy atom. The Hall–Kier alpha value is -1.10. The van der Waals surface area contributed by atoms with Gasteiger partial charge >= 0.3 is 6.03 Å². The predicted molar refractivity (Wildman–Crippen MR) is 39.2 cm³/mol. The number of nitrogens with one attached hydrogen (secondary N) is 2. The first kappa shape index (κ1) is 8.90. The fraction of sp³-hybridized carbons (Fsp3) is 0.600. The molecular weight excluding hydrogens is 132 g/mol. The van der Waals surface area contributed by atoms with Crippen molar-refractivity contribution >= 4 is 12.2 Å². The van der Waals surface area contributed by atoms with E-state index >= 15 is 0 Å². The van der Waals surface area contributed by atoms with E-state index in [-0.39, 0.29) is 0 Å². The van der Waals surface area contributed by atoms with Crippen LogP contribution in [0.4, 0.5) is 4.79 Å². The van der Waals surface area contributed by atoms with Crippen LogP contribution in [0.2, 0.25) is 0 Å². The highest BCUT2D eigenvalue weighted by atomic mass is 16.2. The van der Waals surface area contributed by atoms with Crippen LogP contribution < -0.4 is 16.7 Å². The van der Waals surface area contributed by atoms with Crippen molar-refractivity contribution in [3.05, 3.63) is 0 Å². The molecule has 0 aromatic rings. The Balaban J connectivity index is 3.43. The third-order valence-electron chi connectivity index (χ3n) is 0.670. The van der Waals surface area contributed by atoms with Gasteiger partial charge in [0, 0.05) is 6.21 Å². The number of rotatable bonds is 2. The van der Waals surface area contributed by atoms with Gasteiger partial charge in [-0.05, 0) is 5.92 Å². The average Bonchev–Trinajstić information content (AvgIpc) is 1.87. The molecule has 0 rings (SSSR count).